The molecule has 2 aromatic rings. The third kappa shape index (κ3) is 4.28. The van der Waals surface area contributed by atoms with Crippen LogP contribution in [0.4, 0.5) is 20.6 Å². The van der Waals surface area contributed by atoms with Crippen LogP contribution in [0, 0.1) is 5.82 Å². The van der Waals surface area contributed by atoms with Gasteiger partial charge < -0.3 is 25.0 Å². The number of carbonyl (C=O) groups is 2. The molecule has 1 aliphatic heterocycles. The smallest absolute Gasteiger partial charge is 0.319 e. The Morgan fingerprint density at radius 3 is 2.63 bits per heavy atom. The second-order valence-corrected chi connectivity index (χ2v) is 6.05. The lowest BCUT2D eigenvalue weighted by Crippen LogP contribution is -2.39. The summed E-state index contributed by atoms with van der Waals surface area (Å²) in [6.45, 7) is 0.324. The minimum atomic E-state index is -0.493. The average molecular weight is 373 g/mol. The Balaban J connectivity index is 1.64. The number of nitrogens with zero attached hydrogens (tertiary/aromatic N) is 1. The molecule has 0 bridgehead atoms. The molecular weight excluding hydrogens is 353 g/mol. The summed E-state index contributed by atoms with van der Waals surface area (Å²) in [6.07, 6.45) is 0.172. The molecular formula is C19H20FN3O4. The molecule has 142 valence electrons. The first-order chi connectivity index (χ1) is 13.0. The lowest BCUT2D eigenvalue weighted by atomic mass is 10.2. The van der Waals surface area contributed by atoms with Crippen molar-refractivity contribution in [1.82, 2.24) is 5.32 Å². The van der Waals surface area contributed by atoms with Gasteiger partial charge in [0.05, 0.1) is 20.3 Å². The van der Waals surface area contributed by atoms with Gasteiger partial charge in [-0.05, 0) is 30.3 Å². The highest BCUT2D eigenvalue weighted by atomic mass is 19.1. The molecule has 1 saturated heterocycles. The summed E-state index contributed by atoms with van der Waals surface area (Å²) in [4.78, 5) is 26.0. The van der Waals surface area contributed by atoms with Crippen molar-refractivity contribution >= 4 is 23.3 Å². The maximum absolute atomic E-state index is 13.2. The van der Waals surface area contributed by atoms with Crippen molar-refractivity contribution in [3.8, 4) is 11.5 Å². The van der Waals surface area contributed by atoms with Crippen LogP contribution in [-0.2, 0) is 4.79 Å². The number of anilines is 2. The number of hydrogen-bond donors (Lipinski definition) is 2. The topological polar surface area (TPSA) is 79.9 Å². The van der Waals surface area contributed by atoms with E-state index in [0.29, 0.717) is 29.4 Å². The van der Waals surface area contributed by atoms with E-state index < -0.39 is 11.8 Å². The summed E-state index contributed by atoms with van der Waals surface area (Å²) in [5.74, 6) is 0.529. The zero-order valence-corrected chi connectivity index (χ0v) is 15.0. The Hall–Kier alpha value is -3.29. The van der Waals surface area contributed by atoms with E-state index in [9.17, 15) is 14.0 Å². The Kier molecular flexibility index (Phi) is 5.44. The molecule has 0 saturated carbocycles. The van der Waals surface area contributed by atoms with E-state index in [4.69, 9.17) is 9.47 Å². The molecule has 2 aromatic carbocycles. The van der Waals surface area contributed by atoms with E-state index in [-0.39, 0.29) is 18.4 Å². The molecule has 0 spiro atoms. The van der Waals surface area contributed by atoms with Gasteiger partial charge in [0.25, 0.3) is 0 Å². The van der Waals surface area contributed by atoms with Crippen LogP contribution >= 0.6 is 0 Å². The minimum Gasteiger partial charge on any atom is -0.493 e. The molecule has 8 heteroatoms. The van der Waals surface area contributed by atoms with Gasteiger partial charge in [-0.15, -0.1) is 0 Å². The van der Waals surface area contributed by atoms with Gasteiger partial charge in [-0.3, -0.25) is 4.79 Å². The number of urea groups is 1. The number of benzene rings is 2. The van der Waals surface area contributed by atoms with Crippen molar-refractivity contribution in [2.75, 3.05) is 31.0 Å². The van der Waals surface area contributed by atoms with E-state index >= 15 is 0 Å². The van der Waals surface area contributed by atoms with Crippen molar-refractivity contribution in [2.45, 2.75) is 12.5 Å². The summed E-state index contributed by atoms with van der Waals surface area (Å²) in [7, 11) is 3.06. The monoisotopic (exact) mass is 373 g/mol. The van der Waals surface area contributed by atoms with Crippen LogP contribution in [0.1, 0.15) is 6.42 Å². The van der Waals surface area contributed by atoms with Crippen molar-refractivity contribution in [1.29, 1.82) is 0 Å². The number of ether oxygens (including phenoxy) is 2. The predicted octanol–water partition coefficient (Wildman–Crippen LogP) is 2.77. The van der Waals surface area contributed by atoms with E-state index in [2.05, 4.69) is 10.6 Å². The minimum absolute atomic E-state index is 0.113. The molecule has 1 aliphatic rings. The standard InChI is InChI=1S/C19H20FN3O4/c1-26-16-7-6-15(10-17(16)27-2)23-11-14(9-18(23)24)22-19(25)21-13-5-3-4-12(20)8-13/h3-8,10,14H,9,11H2,1-2H3,(H2,21,22,25). The highest BCUT2D eigenvalue weighted by Gasteiger charge is 2.32. The number of hydrogen-bond acceptors (Lipinski definition) is 4. The van der Waals surface area contributed by atoms with Gasteiger partial charge in [0.15, 0.2) is 11.5 Å². The Bertz CT molecular complexity index is 859. The van der Waals surface area contributed by atoms with E-state index in [0.717, 1.165) is 0 Å². The van der Waals surface area contributed by atoms with Gasteiger partial charge in [0, 0.05) is 30.4 Å². The summed E-state index contributed by atoms with van der Waals surface area (Å²) < 4.78 is 23.7. The molecule has 27 heavy (non-hydrogen) atoms. The number of carbonyl (C=O) groups excluding carboxylic acids is 2. The summed E-state index contributed by atoms with van der Waals surface area (Å²) >= 11 is 0. The average Bonchev–Trinajstić information content (AvgIpc) is 3.01. The van der Waals surface area contributed by atoms with Crippen LogP contribution in [-0.4, -0.2) is 38.7 Å². The van der Waals surface area contributed by atoms with E-state index in [1.165, 1.54) is 32.4 Å². The third-order valence-electron chi connectivity index (χ3n) is 4.22. The van der Waals surface area contributed by atoms with Gasteiger partial charge in [-0.25, -0.2) is 9.18 Å². The predicted molar refractivity (Wildman–Crippen MR) is 98.9 cm³/mol. The Labute approximate surface area is 156 Å². The normalized spacial score (nSPS) is 16.2. The summed E-state index contributed by atoms with van der Waals surface area (Å²) in [6, 6.07) is 9.93. The number of rotatable bonds is 5. The maximum Gasteiger partial charge on any atom is 0.319 e. The molecule has 0 radical (unpaired) electrons. The molecule has 1 unspecified atom stereocenters. The number of methoxy groups -OCH3 is 2. The molecule has 1 atom stereocenters. The largest absolute Gasteiger partial charge is 0.493 e. The molecule has 3 amide bonds. The first-order valence-electron chi connectivity index (χ1n) is 8.35. The highest BCUT2D eigenvalue weighted by molar-refractivity contribution is 5.98. The number of halogens is 1. The third-order valence-corrected chi connectivity index (χ3v) is 4.22. The van der Waals surface area contributed by atoms with Gasteiger partial charge >= 0.3 is 6.03 Å². The summed E-state index contributed by atoms with van der Waals surface area (Å²) in [5.41, 5.74) is 1.00. The van der Waals surface area contributed by atoms with Gasteiger partial charge in [-0.1, -0.05) is 6.07 Å². The fourth-order valence-electron chi connectivity index (χ4n) is 2.97. The Morgan fingerprint density at radius 2 is 1.93 bits per heavy atom. The van der Waals surface area contributed by atoms with Crippen molar-refractivity contribution in [2.24, 2.45) is 0 Å². The van der Waals surface area contributed by atoms with Gasteiger partial charge in [0.1, 0.15) is 5.82 Å². The van der Waals surface area contributed by atoms with Crippen LogP contribution in [0.15, 0.2) is 42.5 Å². The van der Waals surface area contributed by atoms with E-state index in [1.807, 2.05) is 0 Å². The lowest BCUT2D eigenvalue weighted by molar-refractivity contribution is -0.117. The van der Waals surface area contributed by atoms with Gasteiger partial charge in [-0.2, -0.15) is 0 Å². The second kappa shape index (κ2) is 7.94. The first kappa shape index (κ1) is 18.5. The van der Waals surface area contributed by atoms with Crippen LogP contribution in [0.25, 0.3) is 0 Å². The van der Waals surface area contributed by atoms with Crippen LogP contribution in [0.2, 0.25) is 0 Å². The van der Waals surface area contributed by atoms with Crippen molar-refractivity contribution < 1.29 is 23.5 Å². The molecule has 1 heterocycles. The molecule has 0 aromatic heterocycles. The zero-order chi connectivity index (χ0) is 19.4. The Morgan fingerprint density at radius 1 is 1.15 bits per heavy atom. The fraction of sp³-hybridized carbons (Fsp3) is 0.263. The van der Waals surface area contributed by atoms with Gasteiger partial charge in [0.2, 0.25) is 5.91 Å². The zero-order valence-electron chi connectivity index (χ0n) is 15.0. The maximum atomic E-state index is 13.2. The van der Waals surface area contributed by atoms with Crippen molar-refractivity contribution in [3.63, 3.8) is 0 Å². The summed E-state index contributed by atoms with van der Waals surface area (Å²) in [5, 5.41) is 5.29. The second-order valence-electron chi connectivity index (χ2n) is 6.05. The lowest BCUT2D eigenvalue weighted by Gasteiger charge is -2.19. The first-order valence-corrected chi connectivity index (χ1v) is 8.35. The molecule has 0 aliphatic carbocycles. The van der Waals surface area contributed by atoms with Crippen LogP contribution in [0.5, 0.6) is 11.5 Å². The molecule has 2 N–H and O–H groups in total. The number of nitrogens with one attached hydrogen (secondary N) is 2. The molecule has 1 fully saturated rings. The van der Waals surface area contributed by atoms with Crippen LogP contribution in [0.3, 0.4) is 0 Å². The number of amides is 3. The fourth-order valence-corrected chi connectivity index (χ4v) is 2.97. The molecule has 7 nitrogen and oxygen atoms in total. The quantitative estimate of drug-likeness (QED) is 0.845. The van der Waals surface area contributed by atoms with E-state index in [1.54, 1.807) is 29.2 Å². The molecule has 3 rings (SSSR count). The van der Waals surface area contributed by atoms with Crippen molar-refractivity contribution in [3.05, 3.63) is 48.3 Å². The SMILES string of the molecule is COc1ccc(N2CC(NC(=O)Nc3cccc(F)c3)CC2=O)cc1OC. The highest BCUT2D eigenvalue weighted by Crippen LogP contribution is 2.33. The van der Waals surface area contributed by atoms with Crippen LogP contribution < -0.4 is 25.0 Å².